The molecule has 1 unspecified atom stereocenters. The van der Waals surface area contributed by atoms with E-state index in [1.807, 2.05) is 0 Å². The molecule has 2 aromatic rings. The fourth-order valence-corrected chi connectivity index (χ4v) is 2.05. The van der Waals surface area contributed by atoms with E-state index >= 15 is 0 Å². The summed E-state index contributed by atoms with van der Waals surface area (Å²) in [5, 5.41) is 19.9. The minimum Gasteiger partial charge on any atom is -0.481 e. The van der Waals surface area contributed by atoms with E-state index in [1.54, 1.807) is 6.92 Å². The molecule has 1 aromatic heterocycles. The maximum absolute atomic E-state index is 13.9. The Labute approximate surface area is 119 Å². The summed E-state index contributed by atoms with van der Waals surface area (Å²) in [6.45, 7) is 3.28. The molecule has 0 amide bonds. The van der Waals surface area contributed by atoms with Crippen molar-refractivity contribution in [3.8, 4) is 11.4 Å². The first-order valence-corrected chi connectivity index (χ1v) is 6.39. The molecule has 1 heterocycles. The van der Waals surface area contributed by atoms with Gasteiger partial charge in [-0.15, -0.1) is 5.10 Å². The van der Waals surface area contributed by atoms with Crippen LogP contribution in [0.2, 0.25) is 0 Å². The Bertz CT molecular complexity index is 672. The van der Waals surface area contributed by atoms with Crippen molar-refractivity contribution >= 4 is 5.97 Å². The topological polar surface area (TPSA) is 80.9 Å². The number of hydrogen-bond donors (Lipinski definition) is 1. The summed E-state index contributed by atoms with van der Waals surface area (Å²) >= 11 is 0. The largest absolute Gasteiger partial charge is 0.481 e. The molecule has 2 rings (SSSR count). The van der Waals surface area contributed by atoms with Crippen LogP contribution in [0.15, 0.2) is 12.1 Å². The van der Waals surface area contributed by atoms with Crippen LogP contribution in [-0.4, -0.2) is 31.3 Å². The number of tetrazole rings is 1. The van der Waals surface area contributed by atoms with Crippen LogP contribution in [0.5, 0.6) is 0 Å². The van der Waals surface area contributed by atoms with Crippen LogP contribution in [0.25, 0.3) is 11.4 Å². The number of carboxylic acids is 1. The fraction of sp³-hybridized carbons (Fsp3) is 0.385. The van der Waals surface area contributed by atoms with E-state index in [0.717, 1.165) is 6.07 Å². The Balaban J connectivity index is 2.49. The summed E-state index contributed by atoms with van der Waals surface area (Å²) in [4.78, 5) is 10.9. The number of aliphatic carboxylic acids is 1. The van der Waals surface area contributed by atoms with Gasteiger partial charge < -0.3 is 5.11 Å². The highest BCUT2D eigenvalue weighted by Crippen LogP contribution is 2.27. The predicted octanol–water partition coefficient (Wildman–Crippen LogP) is 2.35. The molecule has 0 aliphatic rings. The van der Waals surface area contributed by atoms with E-state index < -0.39 is 23.6 Å². The van der Waals surface area contributed by atoms with E-state index in [4.69, 9.17) is 5.11 Å². The number of aryl methyl sites for hydroxylation is 1. The molecule has 8 heteroatoms. The average Bonchev–Trinajstić information content (AvgIpc) is 2.89. The highest BCUT2D eigenvalue weighted by molar-refractivity contribution is 5.67. The average molecular weight is 296 g/mol. The van der Waals surface area contributed by atoms with Crippen LogP contribution < -0.4 is 0 Å². The zero-order valence-corrected chi connectivity index (χ0v) is 11.5. The predicted molar refractivity (Wildman–Crippen MR) is 69.5 cm³/mol. The van der Waals surface area contributed by atoms with Crippen molar-refractivity contribution in [1.82, 2.24) is 20.2 Å². The Morgan fingerprint density at radius 1 is 1.38 bits per heavy atom. The first-order valence-electron chi connectivity index (χ1n) is 6.39. The van der Waals surface area contributed by atoms with Crippen molar-refractivity contribution in [1.29, 1.82) is 0 Å². The molecule has 0 spiro atoms. The first kappa shape index (κ1) is 15.0. The van der Waals surface area contributed by atoms with Gasteiger partial charge in [-0.1, -0.05) is 6.92 Å². The summed E-state index contributed by atoms with van der Waals surface area (Å²) in [5.74, 6) is -2.37. The van der Waals surface area contributed by atoms with Gasteiger partial charge in [0.2, 0.25) is 0 Å². The molecule has 0 aliphatic heterocycles. The van der Waals surface area contributed by atoms with Gasteiger partial charge >= 0.3 is 5.97 Å². The summed E-state index contributed by atoms with van der Waals surface area (Å²) in [6, 6.07) is 1.57. The highest BCUT2D eigenvalue weighted by Gasteiger charge is 2.22. The van der Waals surface area contributed by atoms with Gasteiger partial charge in [0.05, 0.1) is 18.0 Å². The SMILES string of the molecule is CCC(CC(=O)O)n1nnnc1-c1cc(C)c(F)cc1F. The molecule has 21 heavy (non-hydrogen) atoms. The molecule has 1 N–H and O–H groups in total. The molecule has 0 saturated heterocycles. The van der Waals surface area contributed by atoms with Crippen LogP contribution in [0, 0.1) is 18.6 Å². The van der Waals surface area contributed by atoms with E-state index in [0.29, 0.717) is 6.42 Å². The number of hydrogen-bond acceptors (Lipinski definition) is 4. The molecular formula is C13H14F2N4O2. The standard InChI is InChI=1S/C13H14F2N4O2/c1-3-8(5-12(20)21)19-13(16-17-18-19)9-4-7(2)10(14)6-11(9)15/h4,6,8H,3,5H2,1-2H3,(H,20,21). The zero-order valence-electron chi connectivity index (χ0n) is 11.5. The van der Waals surface area contributed by atoms with E-state index in [-0.39, 0.29) is 23.4 Å². The van der Waals surface area contributed by atoms with Gasteiger partial charge in [-0.05, 0) is 35.4 Å². The lowest BCUT2D eigenvalue weighted by molar-refractivity contribution is -0.138. The Morgan fingerprint density at radius 3 is 2.71 bits per heavy atom. The number of halogens is 2. The minimum atomic E-state index is -1.00. The number of benzene rings is 1. The molecule has 1 atom stereocenters. The first-order chi connectivity index (χ1) is 9.93. The summed E-state index contributed by atoms with van der Waals surface area (Å²) in [7, 11) is 0. The minimum absolute atomic E-state index is 0.0442. The highest BCUT2D eigenvalue weighted by atomic mass is 19.1. The van der Waals surface area contributed by atoms with Crippen LogP contribution in [0.1, 0.15) is 31.4 Å². The molecule has 0 bridgehead atoms. The third kappa shape index (κ3) is 3.04. The van der Waals surface area contributed by atoms with Crippen molar-refractivity contribution in [3.63, 3.8) is 0 Å². The molecule has 0 radical (unpaired) electrons. The summed E-state index contributed by atoms with van der Waals surface area (Å²) in [5.41, 5.74) is 0.301. The number of nitrogens with zero attached hydrogens (tertiary/aromatic N) is 4. The molecule has 6 nitrogen and oxygen atoms in total. The van der Waals surface area contributed by atoms with Gasteiger partial charge in [0.1, 0.15) is 11.6 Å². The smallest absolute Gasteiger partial charge is 0.305 e. The Morgan fingerprint density at radius 2 is 2.10 bits per heavy atom. The summed E-state index contributed by atoms with van der Waals surface area (Å²) < 4.78 is 28.5. The fourth-order valence-electron chi connectivity index (χ4n) is 2.05. The number of carbonyl (C=O) groups is 1. The lowest BCUT2D eigenvalue weighted by Gasteiger charge is -2.14. The van der Waals surface area contributed by atoms with E-state index in [9.17, 15) is 13.6 Å². The third-order valence-corrected chi connectivity index (χ3v) is 3.21. The van der Waals surface area contributed by atoms with Crippen LogP contribution in [0.3, 0.4) is 0 Å². The van der Waals surface area contributed by atoms with Gasteiger partial charge in [-0.2, -0.15) is 0 Å². The second kappa shape index (κ2) is 5.94. The monoisotopic (exact) mass is 296 g/mol. The van der Waals surface area contributed by atoms with Gasteiger partial charge in [0.25, 0.3) is 0 Å². The normalized spacial score (nSPS) is 12.4. The third-order valence-electron chi connectivity index (χ3n) is 3.21. The maximum atomic E-state index is 13.9. The van der Waals surface area contributed by atoms with E-state index in [1.165, 1.54) is 17.7 Å². The number of aromatic nitrogens is 4. The molecular weight excluding hydrogens is 282 g/mol. The molecule has 112 valence electrons. The van der Waals surface area contributed by atoms with Gasteiger partial charge in [-0.3, -0.25) is 4.79 Å². The second-order valence-electron chi connectivity index (χ2n) is 4.69. The molecule has 0 saturated carbocycles. The second-order valence-corrected chi connectivity index (χ2v) is 4.69. The zero-order chi connectivity index (χ0) is 15.6. The number of carboxylic acid groups (broad SMARTS) is 1. The lowest BCUT2D eigenvalue weighted by atomic mass is 10.1. The van der Waals surface area contributed by atoms with Crippen LogP contribution in [-0.2, 0) is 4.79 Å². The van der Waals surface area contributed by atoms with Crippen molar-refractivity contribution in [3.05, 3.63) is 29.3 Å². The van der Waals surface area contributed by atoms with Crippen molar-refractivity contribution in [2.75, 3.05) is 0 Å². The van der Waals surface area contributed by atoms with Crippen molar-refractivity contribution in [2.24, 2.45) is 0 Å². The number of rotatable bonds is 5. The molecule has 0 aliphatic carbocycles. The van der Waals surface area contributed by atoms with Gasteiger partial charge in [0.15, 0.2) is 5.82 Å². The van der Waals surface area contributed by atoms with Crippen LogP contribution >= 0.6 is 0 Å². The van der Waals surface area contributed by atoms with Gasteiger partial charge in [-0.25, -0.2) is 13.5 Å². The van der Waals surface area contributed by atoms with Gasteiger partial charge in [0, 0.05) is 6.07 Å². The molecule has 0 fully saturated rings. The van der Waals surface area contributed by atoms with Crippen molar-refractivity contribution in [2.45, 2.75) is 32.7 Å². The van der Waals surface area contributed by atoms with E-state index in [2.05, 4.69) is 15.5 Å². The summed E-state index contributed by atoms with van der Waals surface area (Å²) in [6.07, 6.45) is 0.280. The Kier molecular flexibility index (Phi) is 4.25. The lowest BCUT2D eigenvalue weighted by Crippen LogP contribution is -2.16. The Hall–Kier alpha value is -2.38. The molecule has 1 aromatic carbocycles. The van der Waals surface area contributed by atoms with Crippen molar-refractivity contribution < 1.29 is 18.7 Å². The quantitative estimate of drug-likeness (QED) is 0.916. The maximum Gasteiger partial charge on any atom is 0.305 e. The van der Waals surface area contributed by atoms with Crippen LogP contribution in [0.4, 0.5) is 8.78 Å².